The van der Waals surface area contributed by atoms with Gasteiger partial charge in [-0.2, -0.15) is 13.2 Å². The van der Waals surface area contributed by atoms with Crippen LogP contribution in [0.15, 0.2) is 18.2 Å². The molecule has 0 aromatic heterocycles. The molecule has 0 atom stereocenters. The molecular formula is C13H14F4N2O. The lowest BCUT2D eigenvalue weighted by molar-refractivity contribution is -0.137. The van der Waals surface area contributed by atoms with Crippen LogP contribution in [0.5, 0.6) is 0 Å². The minimum atomic E-state index is -4.71. The van der Waals surface area contributed by atoms with Gasteiger partial charge in [0.15, 0.2) is 0 Å². The number of alkyl halides is 3. The van der Waals surface area contributed by atoms with Crippen LogP contribution in [0.2, 0.25) is 0 Å². The lowest BCUT2D eigenvalue weighted by Gasteiger charge is -2.22. The summed E-state index contributed by atoms with van der Waals surface area (Å²) in [7, 11) is 0. The first-order valence-corrected chi connectivity index (χ1v) is 6.26. The summed E-state index contributed by atoms with van der Waals surface area (Å²) < 4.78 is 51.3. The van der Waals surface area contributed by atoms with Crippen LogP contribution in [-0.4, -0.2) is 19.0 Å². The minimum absolute atomic E-state index is 0.317. The molecule has 0 radical (unpaired) electrons. The van der Waals surface area contributed by atoms with Crippen molar-refractivity contribution in [2.45, 2.75) is 19.0 Å². The number of hydrogen-bond donors (Lipinski definition) is 2. The average Bonchev–Trinajstić information content (AvgIpc) is 2.40. The highest BCUT2D eigenvalue weighted by atomic mass is 19.4. The van der Waals surface area contributed by atoms with E-state index in [0.717, 1.165) is 12.1 Å². The second-order valence-electron chi connectivity index (χ2n) is 4.70. The standard InChI is InChI=1S/C13H14F4N2O/c14-9-1-2-11(10(7-9)13(15,16)17)19-12(20)8-3-5-18-6-4-8/h1-2,7-8,18H,3-6H2,(H,19,20). The molecule has 1 saturated heterocycles. The topological polar surface area (TPSA) is 41.1 Å². The Morgan fingerprint density at radius 1 is 1.25 bits per heavy atom. The van der Waals surface area contributed by atoms with E-state index in [0.29, 0.717) is 32.0 Å². The van der Waals surface area contributed by atoms with Gasteiger partial charge in [0.1, 0.15) is 5.82 Å². The summed E-state index contributed by atoms with van der Waals surface area (Å²) in [5.74, 6) is -1.76. The molecule has 1 aromatic carbocycles. The molecule has 1 aliphatic heterocycles. The van der Waals surface area contributed by atoms with Gasteiger partial charge in [-0.05, 0) is 44.1 Å². The summed E-state index contributed by atoms with van der Waals surface area (Å²) in [4.78, 5) is 11.9. The van der Waals surface area contributed by atoms with Crippen molar-refractivity contribution in [2.75, 3.05) is 18.4 Å². The number of amides is 1. The summed E-state index contributed by atoms with van der Waals surface area (Å²) in [6.45, 7) is 1.32. The molecule has 3 nitrogen and oxygen atoms in total. The number of anilines is 1. The van der Waals surface area contributed by atoms with Gasteiger partial charge in [-0.25, -0.2) is 4.39 Å². The van der Waals surface area contributed by atoms with Crippen molar-refractivity contribution in [2.24, 2.45) is 5.92 Å². The highest BCUT2D eigenvalue weighted by molar-refractivity contribution is 5.93. The van der Waals surface area contributed by atoms with E-state index in [1.807, 2.05) is 0 Å². The molecule has 0 unspecified atom stereocenters. The molecule has 1 heterocycles. The van der Waals surface area contributed by atoms with E-state index in [2.05, 4.69) is 10.6 Å². The molecule has 2 rings (SSSR count). The van der Waals surface area contributed by atoms with Crippen molar-refractivity contribution >= 4 is 11.6 Å². The fraction of sp³-hybridized carbons (Fsp3) is 0.462. The molecule has 1 amide bonds. The molecule has 1 fully saturated rings. The lowest BCUT2D eigenvalue weighted by atomic mass is 9.97. The molecule has 20 heavy (non-hydrogen) atoms. The summed E-state index contributed by atoms with van der Waals surface area (Å²) in [5, 5.41) is 5.33. The molecule has 0 saturated carbocycles. The van der Waals surface area contributed by atoms with E-state index in [1.165, 1.54) is 0 Å². The molecular weight excluding hydrogens is 276 g/mol. The molecule has 1 aliphatic rings. The Kier molecular flexibility index (Phi) is 4.27. The van der Waals surface area contributed by atoms with Crippen molar-refractivity contribution in [3.63, 3.8) is 0 Å². The van der Waals surface area contributed by atoms with E-state index in [4.69, 9.17) is 0 Å². The zero-order chi connectivity index (χ0) is 14.8. The second kappa shape index (κ2) is 5.78. The molecule has 0 bridgehead atoms. The first kappa shape index (κ1) is 14.8. The van der Waals surface area contributed by atoms with Crippen LogP contribution < -0.4 is 10.6 Å². The van der Waals surface area contributed by atoms with Gasteiger partial charge in [0.05, 0.1) is 11.3 Å². The minimum Gasteiger partial charge on any atom is -0.325 e. The van der Waals surface area contributed by atoms with Crippen molar-refractivity contribution < 1.29 is 22.4 Å². The number of nitrogens with one attached hydrogen (secondary N) is 2. The highest BCUT2D eigenvalue weighted by Gasteiger charge is 2.35. The summed E-state index contributed by atoms with van der Waals surface area (Å²) in [5.41, 5.74) is -1.57. The highest BCUT2D eigenvalue weighted by Crippen LogP contribution is 2.35. The number of rotatable bonds is 2. The fourth-order valence-corrected chi connectivity index (χ4v) is 2.18. The van der Waals surface area contributed by atoms with Crippen LogP contribution in [0.4, 0.5) is 23.2 Å². The number of halogens is 4. The average molecular weight is 290 g/mol. The Hall–Kier alpha value is -1.63. The predicted octanol–water partition coefficient (Wildman–Crippen LogP) is 2.78. The number of benzene rings is 1. The Labute approximate surface area is 113 Å². The number of carbonyl (C=O) groups excluding carboxylic acids is 1. The first-order valence-electron chi connectivity index (χ1n) is 6.26. The van der Waals surface area contributed by atoms with Crippen LogP contribution in [-0.2, 0) is 11.0 Å². The van der Waals surface area contributed by atoms with Gasteiger partial charge in [0.25, 0.3) is 0 Å². The normalized spacial score (nSPS) is 17.0. The van der Waals surface area contributed by atoms with Gasteiger partial charge >= 0.3 is 6.18 Å². The Bertz CT molecular complexity index is 496. The SMILES string of the molecule is O=C(Nc1ccc(F)cc1C(F)(F)F)C1CCNCC1. The van der Waals surface area contributed by atoms with Gasteiger partial charge in [0, 0.05) is 5.92 Å². The maximum atomic E-state index is 12.9. The molecule has 7 heteroatoms. The maximum absolute atomic E-state index is 12.9. The van der Waals surface area contributed by atoms with E-state index in [9.17, 15) is 22.4 Å². The van der Waals surface area contributed by atoms with Crippen LogP contribution in [0.3, 0.4) is 0 Å². The third kappa shape index (κ3) is 3.47. The monoisotopic (exact) mass is 290 g/mol. The summed E-state index contributed by atoms with van der Waals surface area (Å²) in [6, 6.07) is 2.22. The van der Waals surface area contributed by atoms with E-state index in [-0.39, 0.29) is 5.92 Å². The van der Waals surface area contributed by atoms with Gasteiger partial charge < -0.3 is 10.6 Å². The molecule has 110 valence electrons. The van der Waals surface area contributed by atoms with E-state index >= 15 is 0 Å². The molecule has 1 aromatic rings. The van der Waals surface area contributed by atoms with E-state index < -0.39 is 29.2 Å². The number of piperidine rings is 1. The lowest BCUT2D eigenvalue weighted by Crippen LogP contribution is -2.35. The fourth-order valence-electron chi connectivity index (χ4n) is 2.18. The van der Waals surface area contributed by atoms with Crippen molar-refractivity contribution in [1.29, 1.82) is 0 Å². The molecule has 2 N–H and O–H groups in total. The van der Waals surface area contributed by atoms with Crippen LogP contribution in [0.1, 0.15) is 18.4 Å². The van der Waals surface area contributed by atoms with E-state index in [1.54, 1.807) is 0 Å². The first-order chi connectivity index (χ1) is 9.38. The van der Waals surface area contributed by atoms with Crippen molar-refractivity contribution in [1.82, 2.24) is 5.32 Å². The van der Waals surface area contributed by atoms with Gasteiger partial charge in [-0.1, -0.05) is 0 Å². The quantitative estimate of drug-likeness (QED) is 0.822. The summed E-state index contributed by atoms with van der Waals surface area (Å²) in [6.07, 6.45) is -3.55. The Balaban J connectivity index is 2.18. The zero-order valence-corrected chi connectivity index (χ0v) is 10.6. The third-order valence-electron chi connectivity index (χ3n) is 3.25. The molecule has 0 spiro atoms. The smallest absolute Gasteiger partial charge is 0.325 e. The second-order valence-corrected chi connectivity index (χ2v) is 4.70. The zero-order valence-electron chi connectivity index (χ0n) is 10.6. The van der Waals surface area contributed by atoms with Crippen LogP contribution >= 0.6 is 0 Å². The third-order valence-corrected chi connectivity index (χ3v) is 3.25. The van der Waals surface area contributed by atoms with Crippen LogP contribution in [0.25, 0.3) is 0 Å². The number of hydrogen-bond acceptors (Lipinski definition) is 2. The van der Waals surface area contributed by atoms with Gasteiger partial charge in [0.2, 0.25) is 5.91 Å². The maximum Gasteiger partial charge on any atom is 0.418 e. The Morgan fingerprint density at radius 3 is 2.50 bits per heavy atom. The predicted molar refractivity (Wildman–Crippen MR) is 65.6 cm³/mol. The molecule has 0 aliphatic carbocycles. The van der Waals surface area contributed by atoms with Crippen molar-refractivity contribution in [3.8, 4) is 0 Å². The van der Waals surface area contributed by atoms with Crippen molar-refractivity contribution in [3.05, 3.63) is 29.6 Å². The van der Waals surface area contributed by atoms with Crippen LogP contribution in [0, 0.1) is 11.7 Å². The van der Waals surface area contributed by atoms with Gasteiger partial charge in [-0.3, -0.25) is 4.79 Å². The Morgan fingerprint density at radius 2 is 1.90 bits per heavy atom. The summed E-state index contributed by atoms with van der Waals surface area (Å²) >= 11 is 0. The number of carbonyl (C=O) groups is 1. The van der Waals surface area contributed by atoms with Gasteiger partial charge in [-0.15, -0.1) is 0 Å². The largest absolute Gasteiger partial charge is 0.418 e.